The molecule has 0 radical (unpaired) electrons. The van der Waals surface area contributed by atoms with E-state index in [1.165, 1.54) is 12.8 Å². The van der Waals surface area contributed by atoms with Gasteiger partial charge in [-0.15, -0.1) is 0 Å². The highest BCUT2D eigenvalue weighted by Crippen LogP contribution is 2.30. The zero-order valence-electron chi connectivity index (χ0n) is 15.1. The predicted octanol–water partition coefficient (Wildman–Crippen LogP) is 2.84. The highest BCUT2D eigenvalue weighted by atomic mass is 16.2. The molecule has 0 spiro atoms. The number of piperazine rings is 1. The molecular formula is C20H28N4O. The molecule has 134 valence electrons. The Hall–Kier alpha value is -2.06. The second-order valence-electron chi connectivity index (χ2n) is 7.14. The number of nitrogens with one attached hydrogen (secondary N) is 1. The van der Waals surface area contributed by atoms with Crippen LogP contribution in [0.2, 0.25) is 0 Å². The Balaban J connectivity index is 1.42. The normalized spacial score (nSPS) is 22.6. The number of benzene rings is 1. The summed E-state index contributed by atoms with van der Waals surface area (Å²) in [5.74, 6) is 0.335. The minimum absolute atomic E-state index is 0.335. The topological polar surface area (TPSA) is 59.4 Å². The van der Waals surface area contributed by atoms with Crippen molar-refractivity contribution in [3.63, 3.8) is 0 Å². The van der Waals surface area contributed by atoms with Crippen LogP contribution in [0, 0.1) is 11.3 Å². The first kappa shape index (κ1) is 17.8. The fourth-order valence-electron chi connectivity index (χ4n) is 4.09. The van der Waals surface area contributed by atoms with Gasteiger partial charge >= 0.3 is 0 Å². The first-order valence-electron chi connectivity index (χ1n) is 9.48. The molecule has 2 unspecified atom stereocenters. The Bertz CT molecular complexity index is 608. The van der Waals surface area contributed by atoms with Crippen LogP contribution < -0.4 is 5.32 Å². The monoisotopic (exact) mass is 340 g/mol. The lowest BCUT2D eigenvalue weighted by Crippen LogP contribution is -2.55. The number of hydrogen-bond acceptors (Lipinski definition) is 4. The first-order valence-corrected chi connectivity index (χ1v) is 9.48. The SMILES string of the molecule is CCCC(=O)N1CC2CCC(C1)N2CCCNc1ccc(C#N)cc1. The number of hydrogen-bond donors (Lipinski definition) is 1. The van der Waals surface area contributed by atoms with Crippen LogP contribution in [0.3, 0.4) is 0 Å². The third-order valence-electron chi connectivity index (χ3n) is 5.39. The van der Waals surface area contributed by atoms with E-state index in [4.69, 9.17) is 5.26 Å². The van der Waals surface area contributed by atoms with Crippen LogP contribution >= 0.6 is 0 Å². The van der Waals surface area contributed by atoms with Crippen molar-refractivity contribution in [2.75, 3.05) is 31.5 Å². The number of fused-ring (bicyclic) bond motifs is 2. The zero-order valence-corrected chi connectivity index (χ0v) is 15.1. The molecule has 2 atom stereocenters. The van der Waals surface area contributed by atoms with E-state index in [0.29, 0.717) is 30.0 Å². The molecule has 2 aliphatic rings. The molecule has 2 fully saturated rings. The molecule has 2 saturated heterocycles. The molecule has 0 aliphatic carbocycles. The molecule has 2 bridgehead atoms. The van der Waals surface area contributed by atoms with Gasteiger partial charge in [0.25, 0.3) is 0 Å². The molecule has 5 nitrogen and oxygen atoms in total. The van der Waals surface area contributed by atoms with E-state index in [1.807, 2.05) is 24.3 Å². The van der Waals surface area contributed by atoms with Gasteiger partial charge in [-0.05, 0) is 49.9 Å². The van der Waals surface area contributed by atoms with E-state index in [0.717, 1.165) is 44.7 Å². The number of carbonyl (C=O) groups excluding carboxylic acids is 1. The predicted molar refractivity (Wildman–Crippen MR) is 99.3 cm³/mol. The Morgan fingerprint density at radius 1 is 1.24 bits per heavy atom. The van der Waals surface area contributed by atoms with E-state index < -0.39 is 0 Å². The van der Waals surface area contributed by atoms with Crippen LogP contribution in [0.15, 0.2) is 24.3 Å². The molecule has 2 aliphatic heterocycles. The first-order chi connectivity index (χ1) is 12.2. The summed E-state index contributed by atoms with van der Waals surface area (Å²) in [5, 5.41) is 12.3. The van der Waals surface area contributed by atoms with Gasteiger partial charge in [0.05, 0.1) is 11.6 Å². The van der Waals surface area contributed by atoms with Crippen molar-refractivity contribution < 1.29 is 4.79 Å². The number of rotatable bonds is 7. The van der Waals surface area contributed by atoms with Crippen molar-refractivity contribution in [1.82, 2.24) is 9.80 Å². The standard InChI is InChI=1S/C20H28N4O/c1-2-4-20(25)23-14-18-9-10-19(15-23)24(18)12-3-11-22-17-7-5-16(13-21)6-8-17/h5-8,18-19,22H,2-4,9-12,14-15H2,1H3. The van der Waals surface area contributed by atoms with Crippen LogP contribution in [-0.2, 0) is 4.79 Å². The number of carbonyl (C=O) groups is 1. The zero-order chi connectivity index (χ0) is 17.6. The van der Waals surface area contributed by atoms with E-state index in [-0.39, 0.29) is 0 Å². The quantitative estimate of drug-likeness (QED) is 0.776. The molecule has 1 N–H and O–H groups in total. The summed E-state index contributed by atoms with van der Waals surface area (Å²) in [6, 6.07) is 10.8. The maximum atomic E-state index is 12.2. The third-order valence-corrected chi connectivity index (χ3v) is 5.39. The average Bonchev–Trinajstić information content (AvgIpc) is 2.87. The fourth-order valence-corrected chi connectivity index (χ4v) is 4.09. The second-order valence-corrected chi connectivity index (χ2v) is 7.14. The summed E-state index contributed by atoms with van der Waals surface area (Å²) < 4.78 is 0. The van der Waals surface area contributed by atoms with E-state index in [9.17, 15) is 4.79 Å². The largest absolute Gasteiger partial charge is 0.385 e. The minimum atomic E-state index is 0.335. The molecule has 5 heteroatoms. The van der Waals surface area contributed by atoms with Crippen molar-refractivity contribution in [1.29, 1.82) is 5.26 Å². The molecular weight excluding hydrogens is 312 g/mol. The van der Waals surface area contributed by atoms with Crippen LogP contribution in [0.25, 0.3) is 0 Å². The molecule has 25 heavy (non-hydrogen) atoms. The molecule has 1 aromatic rings. The number of nitriles is 1. The van der Waals surface area contributed by atoms with Crippen LogP contribution in [0.4, 0.5) is 5.69 Å². The van der Waals surface area contributed by atoms with Crippen LogP contribution in [0.5, 0.6) is 0 Å². The molecule has 2 heterocycles. The van der Waals surface area contributed by atoms with Gasteiger partial charge in [-0.3, -0.25) is 9.69 Å². The van der Waals surface area contributed by atoms with Crippen molar-refractivity contribution in [2.45, 2.75) is 51.1 Å². The van der Waals surface area contributed by atoms with E-state index >= 15 is 0 Å². The third kappa shape index (κ3) is 4.32. The summed E-state index contributed by atoms with van der Waals surface area (Å²) in [7, 11) is 0. The summed E-state index contributed by atoms with van der Waals surface area (Å²) in [6.45, 7) is 5.93. The molecule has 1 amide bonds. The van der Waals surface area contributed by atoms with Gasteiger partial charge in [0, 0.05) is 50.4 Å². The lowest BCUT2D eigenvalue weighted by Gasteiger charge is -2.41. The Kier molecular flexibility index (Phi) is 5.93. The highest BCUT2D eigenvalue weighted by Gasteiger charge is 2.40. The van der Waals surface area contributed by atoms with E-state index in [1.54, 1.807) is 0 Å². The lowest BCUT2D eigenvalue weighted by atomic mass is 10.1. The lowest BCUT2D eigenvalue weighted by molar-refractivity contribution is -0.134. The van der Waals surface area contributed by atoms with Crippen LogP contribution in [0.1, 0.15) is 44.6 Å². The summed E-state index contributed by atoms with van der Waals surface area (Å²) in [4.78, 5) is 16.9. The highest BCUT2D eigenvalue weighted by molar-refractivity contribution is 5.76. The van der Waals surface area contributed by atoms with Gasteiger partial charge in [0.1, 0.15) is 0 Å². The van der Waals surface area contributed by atoms with Crippen molar-refractivity contribution in [3.05, 3.63) is 29.8 Å². The molecule has 3 rings (SSSR count). The maximum Gasteiger partial charge on any atom is 0.222 e. The van der Waals surface area contributed by atoms with Crippen molar-refractivity contribution >= 4 is 11.6 Å². The smallest absolute Gasteiger partial charge is 0.222 e. The van der Waals surface area contributed by atoms with Gasteiger partial charge in [-0.25, -0.2) is 0 Å². The Morgan fingerprint density at radius 2 is 1.92 bits per heavy atom. The number of anilines is 1. The second kappa shape index (κ2) is 8.35. The fraction of sp³-hybridized carbons (Fsp3) is 0.600. The summed E-state index contributed by atoms with van der Waals surface area (Å²) in [6.07, 6.45) is 5.17. The number of amides is 1. The Morgan fingerprint density at radius 3 is 2.52 bits per heavy atom. The van der Waals surface area contributed by atoms with Gasteiger partial charge in [0.2, 0.25) is 5.91 Å². The summed E-state index contributed by atoms with van der Waals surface area (Å²) >= 11 is 0. The maximum absolute atomic E-state index is 12.2. The summed E-state index contributed by atoms with van der Waals surface area (Å²) in [5.41, 5.74) is 1.76. The minimum Gasteiger partial charge on any atom is -0.385 e. The molecule has 0 saturated carbocycles. The van der Waals surface area contributed by atoms with Gasteiger partial charge in [-0.2, -0.15) is 5.26 Å². The van der Waals surface area contributed by atoms with E-state index in [2.05, 4.69) is 28.1 Å². The number of nitrogens with zero attached hydrogens (tertiary/aromatic N) is 3. The average molecular weight is 340 g/mol. The number of likely N-dealkylation sites (tertiary alicyclic amines) is 1. The van der Waals surface area contributed by atoms with Crippen molar-refractivity contribution in [3.8, 4) is 6.07 Å². The van der Waals surface area contributed by atoms with Crippen molar-refractivity contribution in [2.24, 2.45) is 0 Å². The Labute approximate surface area is 150 Å². The van der Waals surface area contributed by atoms with Gasteiger partial charge < -0.3 is 10.2 Å². The van der Waals surface area contributed by atoms with Crippen LogP contribution in [-0.4, -0.2) is 54.0 Å². The van der Waals surface area contributed by atoms with Gasteiger partial charge in [-0.1, -0.05) is 6.92 Å². The molecule has 1 aromatic carbocycles. The van der Waals surface area contributed by atoms with Gasteiger partial charge in [0.15, 0.2) is 0 Å². The molecule has 0 aromatic heterocycles.